The first-order valence-corrected chi connectivity index (χ1v) is 13.5. The second-order valence-corrected chi connectivity index (χ2v) is 12.1. The first-order chi connectivity index (χ1) is 17.6. The predicted molar refractivity (Wildman–Crippen MR) is 146 cm³/mol. The van der Waals surface area contributed by atoms with Crippen molar-refractivity contribution in [3.05, 3.63) is 71.9 Å². The highest BCUT2D eigenvalue weighted by Crippen LogP contribution is 2.67. The molecule has 3 N–H and O–H groups in total. The van der Waals surface area contributed by atoms with E-state index in [1.165, 1.54) is 4.90 Å². The molecule has 2 bridgehead atoms. The van der Waals surface area contributed by atoms with Crippen molar-refractivity contribution in [2.24, 2.45) is 16.7 Å². The molecule has 6 nitrogen and oxygen atoms in total. The minimum Gasteiger partial charge on any atom is -0.465 e. The van der Waals surface area contributed by atoms with Crippen LogP contribution in [0.1, 0.15) is 58.1 Å². The van der Waals surface area contributed by atoms with Crippen LogP contribution in [0.5, 0.6) is 0 Å². The number of hydrogen-bond acceptors (Lipinski definition) is 2. The number of carboxylic acid groups (broad SMARTS) is 1. The molecule has 2 fully saturated rings. The van der Waals surface area contributed by atoms with Gasteiger partial charge in [0.2, 0.25) is 5.91 Å². The van der Waals surface area contributed by atoms with Gasteiger partial charge in [0.15, 0.2) is 0 Å². The Hall–Kier alpha value is -3.28. The minimum absolute atomic E-state index is 0.0246. The molecule has 5 rings (SSSR count). The van der Waals surface area contributed by atoms with Crippen LogP contribution in [-0.4, -0.2) is 45.1 Å². The van der Waals surface area contributed by atoms with Crippen LogP contribution in [-0.2, 0) is 17.6 Å². The maximum atomic E-state index is 14.1. The van der Waals surface area contributed by atoms with Crippen LogP contribution in [0.4, 0.5) is 4.79 Å². The molecule has 3 aromatic rings. The number of benzene rings is 2. The molecule has 1 heterocycles. The molecule has 37 heavy (non-hydrogen) atoms. The standard InChI is InChI=1S/C31H39N3O3/c1-29(2)23-14-16-30(29,3)26(18-23)34(28(36)37)31(4,19-22-20-33-25-13-9-8-12-24(22)25)27(35)32-17-15-21-10-6-5-7-11-21/h5-13,20,23,26,33H,14-19H2,1-4H3,(H,32,35)(H,36,37). The zero-order valence-electron chi connectivity index (χ0n) is 22.4. The summed E-state index contributed by atoms with van der Waals surface area (Å²) in [5, 5.41) is 14.9. The Morgan fingerprint density at radius 2 is 1.81 bits per heavy atom. The molecule has 1 aromatic heterocycles. The summed E-state index contributed by atoms with van der Waals surface area (Å²) in [6.07, 6.45) is 4.81. The number of fused-ring (bicyclic) bond motifs is 3. The fourth-order valence-corrected chi connectivity index (χ4v) is 7.32. The molecule has 0 radical (unpaired) electrons. The van der Waals surface area contributed by atoms with Gasteiger partial charge in [-0.1, -0.05) is 69.3 Å². The van der Waals surface area contributed by atoms with Crippen molar-refractivity contribution in [3.63, 3.8) is 0 Å². The third-order valence-corrected chi connectivity index (χ3v) is 10.0. The fraction of sp³-hybridized carbons (Fsp3) is 0.484. The minimum atomic E-state index is -1.26. The van der Waals surface area contributed by atoms with E-state index in [4.69, 9.17) is 0 Å². The lowest BCUT2D eigenvalue weighted by Crippen LogP contribution is -2.65. The van der Waals surface area contributed by atoms with Gasteiger partial charge in [0.1, 0.15) is 5.54 Å². The lowest BCUT2D eigenvalue weighted by Gasteiger charge is -2.49. The van der Waals surface area contributed by atoms with Gasteiger partial charge >= 0.3 is 6.09 Å². The van der Waals surface area contributed by atoms with Gasteiger partial charge in [0.25, 0.3) is 0 Å². The van der Waals surface area contributed by atoms with Crippen LogP contribution in [0, 0.1) is 16.7 Å². The first kappa shape index (κ1) is 25.4. The van der Waals surface area contributed by atoms with Crippen molar-refractivity contribution >= 4 is 22.9 Å². The number of carbonyl (C=O) groups is 2. The molecule has 2 aliphatic carbocycles. The van der Waals surface area contributed by atoms with Crippen LogP contribution in [0.25, 0.3) is 10.9 Å². The summed E-state index contributed by atoms with van der Waals surface area (Å²) < 4.78 is 0. The Balaban J connectivity index is 1.50. The fourth-order valence-electron chi connectivity index (χ4n) is 7.32. The first-order valence-electron chi connectivity index (χ1n) is 13.5. The molecule has 2 aromatic carbocycles. The van der Waals surface area contributed by atoms with Crippen LogP contribution in [0.3, 0.4) is 0 Å². The largest absolute Gasteiger partial charge is 0.465 e. The number of nitrogens with zero attached hydrogens (tertiary/aromatic N) is 1. The van der Waals surface area contributed by atoms with Gasteiger partial charge in [-0.05, 0) is 66.5 Å². The van der Waals surface area contributed by atoms with Crippen molar-refractivity contribution in [1.82, 2.24) is 15.2 Å². The Morgan fingerprint density at radius 1 is 1.11 bits per heavy atom. The molecule has 4 unspecified atom stereocenters. The number of aromatic amines is 1. The average molecular weight is 502 g/mol. The molecule has 2 saturated carbocycles. The zero-order valence-corrected chi connectivity index (χ0v) is 22.4. The molecular weight excluding hydrogens is 462 g/mol. The van der Waals surface area contributed by atoms with E-state index >= 15 is 0 Å². The van der Waals surface area contributed by atoms with Crippen molar-refractivity contribution in [1.29, 1.82) is 0 Å². The van der Waals surface area contributed by atoms with Crippen LogP contribution < -0.4 is 5.32 Å². The van der Waals surface area contributed by atoms with Crippen LogP contribution >= 0.6 is 0 Å². The molecule has 2 amide bonds. The highest BCUT2D eigenvalue weighted by Gasteiger charge is 2.65. The topological polar surface area (TPSA) is 85.4 Å². The number of nitrogens with one attached hydrogen (secondary N) is 2. The molecule has 2 aliphatic rings. The van der Waals surface area contributed by atoms with Gasteiger partial charge in [-0.3, -0.25) is 9.69 Å². The van der Waals surface area contributed by atoms with Gasteiger partial charge in [0.05, 0.1) is 0 Å². The van der Waals surface area contributed by atoms with Crippen molar-refractivity contribution < 1.29 is 14.7 Å². The molecule has 0 aliphatic heterocycles. The van der Waals surface area contributed by atoms with E-state index in [2.05, 4.69) is 31.1 Å². The summed E-state index contributed by atoms with van der Waals surface area (Å²) in [5.74, 6) is 0.225. The molecule has 0 spiro atoms. The lowest BCUT2D eigenvalue weighted by molar-refractivity contribution is -0.135. The van der Waals surface area contributed by atoms with Gasteiger partial charge in [-0.25, -0.2) is 4.79 Å². The quantitative estimate of drug-likeness (QED) is 0.353. The maximum Gasteiger partial charge on any atom is 0.408 e. The number of amides is 2. The highest BCUT2D eigenvalue weighted by molar-refractivity contribution is 5.91. The van der Waals surface area contributed by atoms with E-state index in [1.54, 1.807) is 0 Å². The summed E-state index contributed by atoms with van der Waals surface area (Å²) in [6, 6.07) is 17.8. The Kier molecular flexibility index (Phi) is 6.33. The highest BCUT2D eigenvalue weighted by atomic mass is 16.4. The Morgan fingerprint density at radius 3 is 2.46 bits per heavy atom. The van der Waals surface area contributed by atoms with Gasteiger partial charge in [-0.15, -0.1) is 0 Å². The summed E-state index contributed by atoms with van der Waals surface area (Å²) >= 11 is 0. The third-order valence-electron chi connectivity index (χ3n) is 10.0. The average Bonchev–Trinajstić information content (AvgIpc) is 3.43. The Bertz CT molecular complexity index is 1300. The lowest BCUT2D eigenvalue weighted by atomic mass is 9.68. The predicted octanol–water partition coefficient (Wildman–Crippen LogP) is 6.02. The normalized spacial score (nSPS) is 25.6. The van der Waals surface area contributed by atoms with Crippen molar-refractivity contribution in [3.8, 4) is 0 Å². The number of carbonyl (C=O) groups excluding carboxylic acids is 1. The number of hydrogen-bond donors (Lipinski definition) is 3. The van der Waals surface area contributed by atoms with E-state index in [0.717, 1.165) is 41.3 Å². The molecule has 196 valence electrons. The second-order valence-electron chi connectivity index (χ2n) is 12.1. The smallest absolute Gasteiger partial charge is 0.408 e. The molecule has 4 atom stereocenters. The van der Waals surface area contributed by atoms with Gasteiger partial charge in [0, 0.05) is 36.1 Å². The van der Waals surface area contributed by atoms with Crippen LogP contribution in [0.2, 0.25) is 0 Å². The summed E-state index contributed by atoms with van der Waals surface area (Å²) in [5.41, 5.74) is 1.66. The van der Waals surface area contributed by atoms with Crippen LogP contribution in [0.15, 0.2) is 60.8 Å². The molecule has 0 saturated heterocycles. The molecule has 6 heteroatoms. The number of para-hydroxylation sites is 1. The monoisotopic (exact) mass is 501 g/mol. The summed E-state index contributed by atoms with van der Waals surface area (Å²) in [7, 11) is 0. The maximum absolute atomic E-state index is 14.1. The van der Waals surface area contributed by atoms with Gasteiger partial charge in [-0.2, -0.15) is 0 Å². The second kappa shape index (κ2) is 9.23. The van der Waals surface area contributed by atoms with E-state index in [9.17, 15) is 14.7 Å². The van der Waals surface area contributed by atoms with E-state index in [0.29, 0.717) is 25.3 Å². The summed E-state index contributed by atoms with van der Waals surface area (Å²) in [6.45, 7) is 9.07. The van der Waals surface area contributed by atoms with Crippen molar-refractivity contribution in [2.75, 3.05) is 6.54 Å². The Labute approximate surface area is 219 Å². The SMILES string of the molecule is CC(Cc1c[nH]c2ccccc12)(C(=O)NCCc1ccccc1)N(C(=O)O)C1CC2CCC1(C)C2(C)C. The van der Waals surface area contributed by atoms with E-state index in [-0.39, 0.29) is 22.8 Å². The van der Waals surface area contributed by atoms with Crippen molar-refractivity contribution in [2.45, 2.75) is 71.4 Å². The number of rotatable bonds is 8. The zero-order chi connectivity index (χ0) is 26.4. The summed E-state index contributed by atoms with van der Waals surface area (Å²) in [4.78, 5) is 32.0. The third kappa shape index (κ3) is 4.11. The number of H-pyrrole nitrogens is 1. The molecular formula is C31H39N3O3. The van der Waals surface area contributed by atoms with E-state index in [1.807, 2.05) is 67.7 Å². The van der Waals surface area contributed by atoms with E-state index < -0.39 is 11.6 Å². The van der Waals surface area contributed by atoms with Gasteiger partial charge < -0.3 is 15.4 Å². The number of aromatic nitrogens is 1.